The van der Waals surface area contributed by atoms with Gasteiger partial charge in [0.05, 0.1) is 17.8 Å². The number of rotatable bonds is 4. The van der Waals surface area contributed by atoms with Crippen LogP contribution in [0.25, 0.3) is 0 Å². The van der Waals surface area contributed by atoms with E-state index >= 15 is 0 Å². The van der Waals surface area contributed by atoms with Crippen molar-refractivity contribution in [2.75, 3.05) is 0 Å². The normalized spacial score (nSPS) is 12.7. The van der Waals surface area contributed by atoms with Crippen molar-refractivity contribution < 1.29 is 4.74 Å². The minimum atomic E-state index is -0.219. The van der Waals surface area contributed by atoms with Crippen molar-refractivity contribution in [3.05, 3.63) is 47.3 Å². The van der Waals surface area contributed by atoms with Gasteiger partial charge in [-0.25, -0.2) is 0 Å². The van der Waals surface area contributed by atoms with E-state index in [2.05, 4.69) is 5.10 Å². The topological polar surface area (TPSA) is 53.1 Å². The number of hydrogen-bond acceptors (Lipinski definition) is 3. The van der Waals surface area contributed by atoms with Gasteiger partial charge in [0.1, 0.15) is 5.75 Å². The predicted molar refractivity (Wildman–Crippen MR) is 76.2 cm³/mol. The van der Waals surface area contributed by atoms with Gasteiger partial charge < -0.3 is 10.5 Å². The molecule has 4 heteroatoms. The molecular weight excluding hydrogens is 238 g/mol. The van der Waals surface area contributed by atoms with Gasteiger partial charge in [-0.3, -0.25) is 4.68 Å². The Morgan fingerprint density at radius 3 is 2.47 bits per heavy atom. The molecule has 2 N–H and O–H groups in total. The molecule has 102 valence electrons. The van der Waals surface area contributed by atoms with Crippen LogP contribution in [0, 0.1) is 6.92 Å². The van der Waals surface area contributed by atoms with E-state index in [-0.39, 0.29) is 12.1 Å². The lowest BCUT2D eigenvalue weighted by Crippen LogP contribution is -2.15. The maximum absolute atomic E-state index is 6.37. The molecule has 1 atom stereocenters. The Kier molecular flexibility index (Phi) is 3.90. The summed E-state index contributed by atoms with van der Waals surface area (Å²) in [6.07, 6.45) is 2.09. The molecule has 2 rings (SSSR count). The molecule has 2 aromatic rings. The van der Waals surface area contributed by atoms with Gasteiger partial charge in [-0.1, -0.05) is 18.2 Å². The lowest BCUT2D eigenvalue weighted by molar-refractivity contribution is 0.239. The monoisotopic (exact) mass is 259 g/mol. The van der Waals surface area contributed by atoms with E-state index in [0.717, 1.165) is 22.6 Å². The Bertz CT molecular complexity index is 560. The third-order valence-corrected chi connectivity index (χ3v) is 3.00. The molecule has 0 radical (unpaired) electrons. The van der Waals surface area contributed by atoms with Crippen LogP contribution in [0.1, 0.15) is 36.7 Å². The van der Waals surface area contributed by atoms with Crippen molar-refractivity contribution in [2.45, 2.75) is 32.9 Å². The SMILES string of the molecule is Cc1nn(C)cc1C(N)c1ccccc1OC(C)C. The van der Waals surface area contributed by atoms with Crippen LogP contribution < -0.4 is 10.5 Å². The molecule has 1 aromatic carbocycles. The summed E-state index contributed by atoms with van der Waals surface area (Å²) in [7, 11) is 1.90. The fourth-order valence-corrected chi connectivity index (χ4v) is 2.19. The summed E-state index contributed by atoms with van der Waals surface area (Å²) in [5.74, 6) is 0.841. The van der Waals surface area contributed by atoms with Crippen LogP contribution in [0.3, 0.4) is 0 Å². The highest BCUT2D eigenvalue weighted by molar-refractivity contribution is 5.41. The van der Waals surface area contributed by atoms with Gasteiger partial charge in [0.25, 0.3) is 0 Å². The molecule has 0 saturated carbocycles. The second-order valence-corrected chi connectivity index (χ2v) is 5.03. The third-order valence-electron chi connectivity index (χ3n) is 3.00. The van der Waals surface area contributed by atoms with Crippen LogP contribution in [0.4, 0.5) is 0 Å². The molecule has 0 saturated heterocycles. The molecule has 0 aliphatic rings. The summed E-state index contributed by atoms with van der Waals surface area (Å²) in [6.45, 7) is 6.00. The largest absolute Gasteiger partial charge is 0.491 e. The molecular formula is C15H21N3O. The highest BCUT2D eigenvalue weighted by Crippen LogP contribution is 2.29. The van der Waals surface area contributed by atoms with Crippen LogP contribution in [-0.4, -0.2) is 15.9 Å². The van der Waals surface area contributed by atoms with Gasteiger partial charge in [0, 0.05) is 24.4 Å². The van der Waals surface area contributed by atoms with Gasteiger partial charge in [-0.15, -0.1) is 0 Å². The van der Waals surface area contributed by atoms with Gasteiger partial charge >= 0.3 is 0 Å². The van der Waals surface area contributed by atoms with Crippen molar-refractivity contribution in [3.63, 3.8) is 0 Å². The number of hydrogen-bond donors (Lipinski definition) is 1. The van der Waals surface area contributed by atoms with Crippen LogP contribution in [0.15, 0.2) is 30.5 Å². The van der Waals surface area contributed by atoms with Crippen molar-refractivity contribution in [1.82, 2.24) is 9.78 Å². The summed E-state index contributed by atoms with van der Waals surface area (Å²) < 4.78 is 7.62. The molecule has 0 aliphatic heterocycles. The Balaban J connectivity index is 2.38. The predicted octanol–water partition coefficient (Wildman–Crippen LogP) is 2.56. The number of ether oxygens (including phenoxy) is 1. The fraction of sp³-hybridized carbons (Fsp3) is 0.400. The molecule has 0 fully saturated rings. The first-order valence-electron chi connectivity index (χ1n) is 6.50. The Morgan fingerprint density at radius 1 is 1.21 bits per heavy atom. The van der Waals surface area contributed by atoms with Crippen LogP contribution >= 0.6 is 0 Å². The van der Waals surface area contributed by atoms with E-state index in [4.69, 9.17) is 10.5 Å². The number of para-hydroxylation sites is 1. The minimum Gasteiger partial charge on any atom is -0.491 e. The molecule has 0 aliphatic carbocycles. The number of aromatic nitrogens is 2. The van der Waals surface area contributed by atoms with E-state index in [1.54, 1.807) is 4.68 Å². The summed E-state index contributed by atoms with van der Waals surface area (Å²) in [5, 5.41) is 4.34. The summed E-state index contributed by atoms with van der Waals surface area (Å²) in [4.78, 5) is 0. The molecule has 0 spiro atoms. The summed E-state index contributed by atoms with van der Waals surface area (Å²) in [5.41, 5.74) is 9.35. The maximum atomic E-state index is 6.37. The summed E-state index contributed by atoms with van der Waals surface area (Å²) >= 11 is 0. The average Bonchev–Trinajstić information content (AvgIpc) is 2.67. The Labute approximate surface area is 114 Å². The van der Waals surface area contributed by atoms with Crippen LogP contribution in [-0.2, 0) is 7.05 Å². The minimum absolute atomic E-state index is 0.128. The lowest BCUT2D eigenvalue weighted by atomic mass is 9.99. The Hall–Kier alpha value is -1.81. The van der Waals surface area contributed by atoms with Crippen LogP contribution in [0.2, 0.25) is 0 Å². The van der Waals surface area contributed by atoms with E-state index in [1.165, 1.54) is 0 Å². The fourth-order valence-electron chi connectivity index (χ4n) is 2.19. The zero-order valence-corrected chi connectivity index (χ0v) is 11.9. The first-order chi connectivity index (χ1) is 8.99. The second-order valence-electron chi connectivity index (χ2n) is 5.03. The van der Waals surface area contributed by atoms with E-state index in [9.17, 15) is 0 Å². The zero-order valence-electron chi connectivity index (χ0n) is 11.9. The molecule has 1 aromatic heterocycles. The van der Waals surface area contributed by atoms with Crippen molar-refractivity contribution in [2.24, 2.45) is 12.8 Å². The van der Waals surface area contributed by atoms with Crippen LogP contribution in [0.5, 0.6) is 5.75 Å². The third kappa shape index (κ3) is 2.96. The lowest BCUT2D eigenvalue weighted by Gasteiger charge is -2.18. The van der Waals surface area contributed by atoms with Crippen molar-refractivity contribution in [3.8, 4) is 5.75 Å². The summed E-state index contributed by atoms with van der Waals surface area (Å²) in [6, 6.07) is 7.69. The number of nitrogens with zero attached hydrogens (tertiary/aromatic N) is 2. The van der Waals surface area contributed by atoms with E-state index < -0.39 is 0 Å². The van der Waals surface area contributed by atoms with Crippen molar-refractivity contribution in [1.29, 1.82) is 0 Å². The number of nitrogens with two attached hydrogens (primary N) is 1. The molecule has 19 heavy (non-hydrogen) atoms. The number of aryl methyl sites for hydroxylation is 2. The number of benzene rings is 1. The highest BCUT2D eigenvalue weighted by Gasteiger charge is 2.18. The smallest absolute Gasteiger partial charge is 0.124 e. The Morgan fingerprint density at radius 2 is 1.89 bits per heavy atom. The molecule has 0 amide bonds. The average molecular weight is 259 g/mol. The van der Waals surface area contributed by atoms with Gasteiger partial charge in [0.2, 0.25) is 0 Å². The van der Waals surface area contributed by atoms with Gasteiger partial charge in [-0.2, -0.15) is 5.10 Å². The molecule has 4 nitrogen and oxygen atoms in total. The van der Waals surface area contributed by atoms with Crippen molar-refractivity contribution >= 4 is 0 Å². The first kappa shape index (κ1) is 13.6. The van der Waals surface area contributed by atoms with Gasteiger partial charge in [0.15, 0.2) is 0 Å². The molecule has 0 bridgehead atoms. The maximum Gasteiger partial charge on any atom is 0.124 e. The van der Waals surface area contributed by atoms with Gasteiger partial charge in [-0.05, 0) is 26.8 Å². The highest BCUT2D eigenvalue weighted by atomic mass is 16.5. The zero-order chi connectivity index (χ0) is 14.0. The second kappa shape index (κ2) is 5.45. The van der Waals surface area contributed by atoms with E-state index in [1.807, 2.05) is 58.3 Å². The van der Waals surface area contributed by atoms with E-state index in [0.29, 0.717) is 0 Å². The standard InChI is InChI=1S/C15H21N3O/c1-10(2)19-14-8-6-5-7-12(14)15(16)13-9-18(4)17-11(13)3/h5-10,15H,16H2,1-4H3. The quantitative estimate of drug-likeness (QED) is 0.918. The molecule has 1 unspecified atom stereocenters. The first-order valence-corrected chi connectivity index (χ1v) is 6.50. The molecule has 1 heterocycles.